The molecule has 0 fully saturated rings. The molecule has 168 valence electrons. The molecule has 0 atom stereocenters. The molecule has 0 aliphatic heterocycles. The fourth-order valence-corrected chi connectivity index (χ4v) is 2.35. The Morgan fingerprint density at radius 3 is 2.34 bits per heavy atom. The average Bonchev–Trinajstić information content (AvgIpc) is 2.82. The summed E-state index contributed by atoms with van der Waals surface area (Å²) in [5.74, 6) is -0.656. The standard InChI is InChI=1S/C24H24O8/c1-5-16(2)23(26)31-15-30-19-10-8-18(9-11-19)24(27)32-20-12-6-17(14-21(20)28-3)7-13-22(25)29-4/h6-14H,2,5,15H2,1,3-4H3/b13-7+. The van der Waals surface area contributed by atoms with Crippen LogP contribution >= 0.6 is 0 Å². The van der Waals surface area contributed by atoms with Crippen LogP contribution in [0.4, 0.5) is 0 Å². The van der Waals surface area contributed by atoms with Crippen LogP contribution in [0.3, 0.4) is 0 Å². The van der Waals surface area contributed by atoms with Gasteiger partial charge in [-0.05, 0) is 54.5 Å². The van der Waals surface area contributed by atoms with Crippen LogP contribution in [0.2, 0.25) is 0 Å². The number of esters is 3. The van der Waals surface area contributed by atoms with Gasteiger partial charge in [-0.2, -0.15) is 0 Å². The Hall–Kier alpha value is -4.07. The highest BCUT2D eigenvalue weighted by atomic mass is 16.7. The summed E-state index contributed by atoms with van der Waals surface area (Å²) in [6, 6.07) is 11.0. The van der Waals surface area contributed by atoms with Crippen molar-refractivity contribution in [2.24, 2.45) is 0 Å². The molecule has 0 aromatic heterocycles. The van der Waals surface area contributed by atoms with E-state index in [1.807, 2.05) is 0 Å². The maximum absolute atomic E-state index is 12.5. The lowest BCUT2D eigenvalue weighted by Crippen LogP contribution is -2.12. The Morgan fingerprint density at radius 2 is 1.72 bits per heavy atom. The molecule has 0 unspecified atom stereocenters. The first-order valence-electron chi connectivity index (χ1n) is 9.62. The van der Waals surface area contributed by atoms with Crippen molar-refractivity contribution in [2.45, 2.75) is 13.3 Å². The second-order valence-electron chi connectivity index (χ2n) is 6.33. The van der Waals surface area contributed by atoms with E-state index in [-0.39, 0.29) is 18.1 Å². The van der Waals surface area contributed by atoms with Gasteiger partial charge in [0.15, 0.2) is 11.5 Å². The molecule has 0 saturated heterocycles. The zero-order valence-corrected chi connectivity index (χ0v) is 18.1. The zero-order chi connectivity index (χ0) is 23.5. The van der Waals surface area contributed by atoms with Crippen LogP contribution in [0.25, 0.3) is 6.08 Å². The summed E-state index contributed by atoms with van der Waals surface area (Å²) in [6.45, 7) is 5.12. The van der Waals surface area contributed by atoms with Crippen molar-refractivity contribution in [2.75, 3.05) is 21.0 Å². The molecule has 2 rings (SSSR count). The minimum atomic E-state index is -0.599. The summed E-state index contributed by atoms with van der Waals surface area (Å²) in [5.41, 5.74) is 1.30. The maximum atomic E-state index is 12.5. The summed E-state index contributed by atoms with van der Waals surface area (Å²) in [6.07, 6.45) is 3.31. The quantitative estimate of drug-likeness (QED) is 0.237. The number of rotatable bonds is 10. The minimum Gasteiger partial charge on any atom is -0.493 e. The number of ether oxygens (including phenoxy) is 5. The number of methoxy groups -OCH3 is 2. The van der Waals surface area contributed by atoms with Gasteiger partial charge in [0.2, 0.25) is 6.79 Å². The zero-order valence-electron chi connectivity index (χ0n) is 18.1. The highest BCUT2D eigenvalue weighted by Gasteiger charge is 2.13. The average molecular weight is 440 g/mol. The number of benzene rings is 2. The first-order valence-corrected chi connectivity index (χ1v) is 9.62. The summed E-state index contributed by atoms with van der Waals surface area (Å²) in [7, 11) is 2.73. The topological polar surface area (TPSA) is 97.4 Å². The van der Waals surface area contributed by atoms with E-state index in [4.69, 9.17) is 18.9 Å². The van der Waals surface area contributed by atoms with Crippen LogP contribution in [0.1, 0.15) is 29.3 Å². The molecule has 2 aromatic rings. The fourth-order valence-electron chi connectivity index (χ4n) is 2.35. The maximum Gasteiger partial charge on any atom is 0.343 e. The van der Waals surface area contributed by atoms with E-state index in [9.17, 15) is 14.4 Å². The Balaban J connectivity index is 1.98. The Labute approximate surface area is 186 Å². The van der Waals surface area contributed by atoms with Crippen molar-refractivity contribution >= 4 is 24.0 Å². The van der Waals surface area contributed by atoms with E-state index in [0.717, 1.165) is 0 Å². The molecule has 0 radical (unpaired) electrons. The molecular weight excluding hydrogens is 416 g/mol. The first kappa shape index (κ1) is 24.2. The molecule has 32 heavy (non-hydrogen) atoms. The molecule has 2 aromatic carbocycles. The third-order valence-electron chi connectivity index (χ3n) is 4.22. The SMILES string of the molecule is C=C(CC)C(=O)OCOc1ccc(C(=O)Oc2ccc(/C=C/C(=O)OC)cc2OC)cc1. The summed E-state index contributed by atoms with van der Waals surface area (Å²) < 4.78 is 25.5. The van der Waals surface area contributed by atoms with Crippen molar-refractivity contribution in [1.82, 2.24) is 0 Å². The Bertz CT molecular complexity index is 1010. The monoisotopic (exact) mass is 440 g/mol. The van der Waals surface area contributed by atoms with Crippen LogP contribution in [0, 0.1) is 0 Å². The number of hydrogen-bond acceptors (Lipinski definition) is 8. The van der Waals surface area contributed by atoms with Gasteiger partial charge in [-0.3, -0.25) is 0 Å². The molecule has 0 bridgehead atoms. The van der Waals surface area contributed by atoms with Gasteiger partial charge in [0.25, 0.3) is 0 Å². The van der Waals surface area contributed by atoms with Gasteiger partial charge in [0, 0.05) is 11.6 Å². The molecule has 0 saturated carbocycles. The third-order valence-corrected chi connectivity index (χ3v) is 4.22. The van der Waals surface area contributed by atoms with Gasteiger partial charge in [-0.25, -0.2) is 14.4 Å². The number of carbonyl (C=O) groups excluding carboxylic acids is 3. The van der Waals surface area contributed by atoms with E-state index in [1.165, 1.54) is 32.4 Å². The van der Waals surface area contributed by atoms with Crippen LogP contribution in [0.5, 0.6) is 17.2 Å². The lowest BCUT2D eigenvalue weighted by atomic mass is 10.2. The van der Waals surface area contributed by atoms with Gasteiger partial charge in [0.1, 0.15) is 5.75 Å². The molecule has 0 amide bonds. The largest absolute Gasteiger partial charge is 0.493 e. The van der Waals surface area contributed by atoms with Crippen molar-refractivity contribution in [1.29, 1.82) is 0 Å². The third kappa shape index (κ3) is 7.02. The molecular formula is C24H24O8. The van der Waals surface area contributed by atoms with Gasteiger partial charge < -0.3 is 23.7 Å². The van der Waals surface area contributed by atoms with E-state index < -0.39 is 17.9 Å². The minimum absolute atomic E-state index is 0.219. The van der Waals surface area contributed by atoms with Crippen molar-refractivity contribution in [3.63, 3.8) is 0 Å². The lowest BCUT2D eigenvalue weighted by Gasteiger charge is -2.11. The lowest BCUT2D eigenvalue weighted by molar-refractivity contribution is -0.145. The van der Waals surface area contributed by atoms with E-state index in [1.54, 1.807) is 43.3 Å². The Kier molecular flexibility index (Phi) is 9.04. The molecule has 0 aliphatic rings. The van der Waals surface area contributed by atoms with Gasteiger partial charge in [-0.15, -0.1) is 0 Å². The molecule has 8 nitrogen and oxygen atoms in total. The van der Waals surface area contributed by atoms with Crippen molar-refractivity contribution in [3.05, 3.63) is 71.8 Å². The highest BCUT2D eigenvalue weighted by Crippen LogP contribution is 2.29. The molecule has 0 N–H and O–H groups in total. The van der Waals surface area contributed by atoms with Crippen LogP contribution < -0.4 is 14.2 Å². The molecule has 0 heterocycles. The number of carbonyl (C=O) groups is 3. The smallest absolute Gasteiger partial charge is 0.343 e. The molecule has 8 heteroatoms. The summed E-state index contributed by atoms with van der Waals surface area (Å²) in [5, 5.41) is 0. The Morgan fingerprint density at radius 1 is 1.00 bits per heavy atom. The van der Waals surface area contributed by atoms with E-state index in [0.29, 0.717) is 29.1 Å². The first-order chi connectivity index (χ1) is 15.4. The van der Waals surface area contributed by atoms with E-state index >= 15 is 0 Å². The summed E-state index contributed by atoms with van der Waals surface area (Å²) in [4.78, 5) is 35.2. The van der Waals surface area contributed by atoms with E-state index in [2.05, 4.69) is 11.3 Å². The molecule has 0 aliphatic carbocycles. The van der Waals surface area contributed by atoms with Crippen molar-refractivity contribution in [3.8, 4) is 17.2 Å². The van der Waals surface area contributed by atoms with Crippen LogP contribution in [0.15, 0.2) is 60.7 Å². The van der Waals surface area contributed by atoms with Crippen molar-refractivity contribution < 1.29 is 38.1 Å². The number of hydrogen-bond donors (Lipinski definition) is 0. The normalized spacial score (nSPS) is 10.3. The van der Waals surface area contributed by atoms with Gasteiger partial charge in [0.05, 0.1) is 19.8 Å². The predicted octanol–water partition coefficient (Wildman–Crippen LogP) is 3.95. The van der Waals surface area contributed by atoms with Gasteiger partial charge in [-0.1, -0.05) is 19.6 Å². The highest BCUT2D eigenvalue weighted by molar-refractivity contribution is 5.91. The molecule has 0 spiro atoms. The predicted molar refractivity (Wildman–Crippen MR) is 116 cm³/mol. The van der Waals surface area contributed by atoms with Crippen LogP contribution in [-0.2, 0) is 19.1 Å². The van der Waals surface area contributed by atoms with Crippen LogP contribution in [-0.4, -0.2) is 38.9 Å². The van der Waals surface area contributed by atoms with Gasteiger partial charge >= 0.3 is 17.9 Å². The second kappa shape index (κ2) is 11.9. The fraction of sp³-hybridized carbons (Fsp3) is 0.208. The summed E-state index contributed by atoms with van der Waals surface area (Å²) >= 11 is 0. The second-order valence-corrected chi connectivity index (χ2v) is 6.33.